The van der Waals surface area contributed by atoms with E-state index in [0.29, 0.717) is 6.42 Å². The molecule has 0 aromatic carbocycles. The molecule has 0 saturated carbocycles. The first-order valence-electron chi connectivity index (χ1n) is 8.92. The second-order valence-corrected chi connectivity index (χ2v) is 6.20. The van der Waals surface area contributed by atoms with E-state index < -0.39 is 5.97 Å². The molecule has 2 heteroatoms. The lowest BCUT2D eigenvalue weighted by atomic mass is 9.90. The molecule has 0 fully saturated rings. The lowest BCUT2D eigenvalue weighted by Gasteiger charge is -2.16. The third-order valence-corrected chi connectivity index (χ3v) is 4.18. The predicted molar refractivity (Wildman–Crippen MR) is 87.1 cm³/mol. The number of hydrogen-bond donors (Lipinski definition) is 1. The second-order valence-electron chi connectivity index (χ2n) is 6.20. The molecule has 1 N–H and O–H groups in total. The summed E-state index contributed by atoms with van der Waals surface area (Å²) in [5.41, 5.74) is 0. The molecule has 0 rings (SSSR count). The molecule has 120 valence electrons. The van der Waals surface area contributed by atoms with Crippen LogP contribution in [0, 0.1) is 5.92 Å². The van der Waals surface area contributed by atoms with Crippen LogP contribution < -0.4 is 0 Å². The quantitative estimate of drug-likeness (QED) is 0.364. The van der Waals surface area contributed by atoms with E-state index in [0.717, 1.165) is 18.8 Å². The van der Waals surface area contributed by atoms with Crippen LogP contribution in [0.1, 0.15) is 104 Å². The van der Waals surface area contributed by atoms with Crippen molar-refractivity contribution < 1.29 is 9.90 Å². The Morgan fingerprint density at radius 1 is 0.750 bits per heavy atom. The van der Waals surface area contributed by atoms with Gasteiger partial charge < -0.3 is 5.11 Å². The van der Waals surface area contributed by atoms with Gasteiger partial charge in [-0.2, -0.15) is 0 Å². The minimum atomic E-state index is -0.647. The summed E-state index contributed by atoms with van der Waals surface area (Å²) in [6.45, 7) is 4.52. The third kappa shape index (κ3) is 13.9. The van der Waals surface area contributed by atoms with Crippen LogP contribution in [0.15, 0.2) is 0 Å². The van der Waals surface area contributed by atoms with E-state index in [1.807, 2.05) is 0 Å². The fourth-order valence-corrected chi connectivity index (χ4v) is 2.85. The van der Waals surface area contributed by atoms with Crippen molar-refractivity contribution in [2.24, 2.45) is 5.92 Å². The summed E-state index contributed by atoms with van der Waals surface area (Å²) in [6.07, 6.45) is 17.1. The molecule has 0 aliphatic heterocycles. The summed E-state index contributed by atoms with van der Waals surface area (Å²) in [6, 6.07) is 0. The van der Waals surface area contributed by atoms with Gasteiger partial charge in [0.2, 0.25) is 0 Å². The van der Waals surface area contributed by atoms with Gasteiger partial charge in [0, 0.05) is 6.42 Å². The highest BCUT2D eigenvalue weighted by Gasteiger charge is 2.08. The minimum absolute atomic E-state index is 0.345. The summed E-state index contributed by atoms with van der Waals surface area (Å²) in [7, 11) is 0. The number of carboxylic acids is 1. The fraction of sp³-hybridized carbons (Fsp3) is 0.944. The highest BCUT2D eigenvalue weighted by atomic mass is 16.4. The van der Waals surface area contributed by atoms with Gasteiger partial charge in [-0.25, -0.2) is 0 Å². The lowest BCUT2D eigenvalue weighted by Crippen LogP contribution is -2.02. The molecule has 0 saturated heterocycles. The van der Waals surface area contributed by atoms with E-state index in [4.69, 9.17) is 5.11 Å². The smallest absolute Gasteiger partial charge is 0.303 e. The molecule has 1 atom stereocenters. The summed E-state index contributed by atoms with van der Waals surface area (Å²) >= 11 is 0. The third-order valence-electron chi connectivity index (χ3n) is 4.18. The molecule has 0 aliphatic rings. The molecule has 0 bridgehead atoms. The molecule has 0 spiro atoms. The molecule has 0 radical (unpaired) electrons. The average molecular weight is 284 g/mol. The summed E-state index contributed by atoms with van der Waals surface area (Å²) in [5, 5.41) is 8.66. The van der Waals surface area contributed by atoms with Crippen LogP contribution in [0.4, 0.5) is 0 Å². The van der Waals surface area contributed by atoms with E-state index in [-0.39, 0.29) is 0 Å². The molecular formula is C18H36O2. The normalized spacial score (nSPS) is 12.5. The van der Waals surface area contributed by atoms with Crippen molar-refractivity contribution in [1.82, 2.24) is 0 Å². The molecule has 2 nitrogen and oxygen atoms in total. The van der Waals surface area contributed by atoms with Gasteiger partial charge in [-0.15, -0.1) is 0 Å². The van der Waals surface area contributed by atoms with E-state index >= 15 is 0 Å². The first-order chi connectivity index (χ1) is 9.70. The second kappa shape index (κ2) is 14.9. The van der Waals surface area contributed by atoms with Gasteiger partial charge in [0.25, 0.3) is 0 Å². The van der Waals surface area contributed by atoms with Crippen LogP contribution in [0.2, 0.25) is 0 Å². The summed E-state index contributed by atoms with van der Waals surface area (Å²) in [5.74, 6) is 0.195. The maximum Gasteiger partial charge on any atom is 0.303 e. The topological polar surface area (TPSA) is 37.3 Å². The highest BCUT2D eigenvalue weighted by Crippen LogP contribution is 2.23. The highest BCUT2D eigenvalue weighted by molar-refractivity contribution is 5.66. The van der Waals surface area contributed by atoms with E-state index in [2.05, 4.69) is 13.8 Å². The Morgan fingerprint density at radius 3 is 1.85 bits per heavy atom. The van der Waals surface area contributed by atoms with Gasteiger partial charge in [0.1, 0.15) is 0 Å². The molecule has 0 aromatic rings. The number of carbonyl (C=O) groups is 1. The van der Waals surface area contributed by atoms with Crippen molar-refractivity contribution >= 4 is 5.97 Å². The predicted octanol–water partition coefficient (Wildman–Crippen LogP) is 6.19. The van der Waals surface area contributed by atoms with Gasteiger partial charge >= 0.3 is 5.97 Å². The Balaban J connectivity index is 3.64. The van der Waals surface area contributed by atoms with Crippen LogP contribution in [-0.4, -0.2) is 11.1 Å². The maximum atomic E-state index is 10.5. The van der Waals surface area contributed by atoms with Crippen LogP contribution in [0.5, 0.6) is 0 Å². The van der Waals surface area contributed by atoms with Gasteiger partial charge in [-0.1, -0.05) is 90.9 Å². The number of carboxylic acid groups (broad SMARTS) is 1. The zero-order valence-corrected chi connectivity index (χ0v) is 13.8. The number of rotatable bonds is 15. The number of unbranched alkanes of at least 4 members (excludes halogenated alkanes) is 7. The van der Waals surface area contributed by atoms with Crippen molar-refractivity contribution in [2.75, 3.05) is 0 Å². The molecule has 0 aliphatic carbocycles. The first-order valence-corrected chi connectivity index (χ1v) is 8.92. The monoisotopic (exact) mass is 284 g/mol. The SMILES string of the molecule is CCCCCCCCC(CCCC)CCCCC(=O)O. The summed E-state index contributed by atoms with van der Waals surface area (Å²) < 4.78 is 0. The van der Waals surface area contributed by atoms with Crippen LogP contribution in [-0.2, 0) is 4.79 Å². The fourth-order valence-electron chi connectivity index (χ4n) is 2.85. The Labute approximate surface area is 126 Å². The van der Waals surface area contributed by atoms with Crippen molar-refractivity contribution in [1.29, 1.82) is 0 Å². The van der Waals surface area contributed by atoms with Crippen molar-refractivity contribution in [3.8, 4) is 0 Å². The maximum absolute atomic E-state index is 10.5. The molecular weight excluding hydrogens is 248 g/mol. The number of aliphatic carboxylic acids is 1. The molecule has 1 unspecified atom stereocenters. The van der Waals surface area contributed by atoms with Crippen LogP contribution in [0.3, 0.4) is 0 Å². The van der Waals surface area contributed by atoms with Crippen molar-refractivity contribution in [3.63, 3.8) is 0 Å². The van der Waals surface area contributed by atoms with Crippen molar-refractivity contribution in [2.45, 2.75) is 104 Å². The number of hydrogen-bond acceptors (Lipinski definition) is 1. The van der Waals surface area contributed by atoms with Gasteiger partial charge in [0.05, 0.1) is 0 Å². The van der Waals surface area contributed by atoms with E-state index in [9.17, 15) is 4.79 Å². The zero-order valence-electron chi connectivity index (χ0n) is 13.8. The first kappa shape index (κ1) is 19.5. The van der Waals surface area contributed by atoms with Crippen LogP contribution >= 0.6 is 0 Å². The summed E-state index contributed by atoms with van der Waals surface area (Å²) in [4.78, 5) is 10.5. The van der Waals surface area contributed by atoms with E-state index in [1.54, 1.807) is 0 Å². The Hall–Kier alpha value is -0.530. The Kier molecular flexibility index (Phi) is 14.5. The Bertz CT molecular complexity index is 213. The van der Waals surface area contributed by atoms with Crippen LogP contribution in [0.25, 0.3) is 0 Å². The van der Waals surface area contributed by atoms with Gasteiger partial charge in [-0.05, 0) is 12.3 Å². The Morgan fingerprint density at radius 2 is 1.25 bits per heavy atom. The standard InChI is InChI=1S/C18H36O2/c1-3-5-7-8-9-10-14-17(13-6-4-2)15-11-12-16-18(19)20/h17H,3-16H2,1-2H3,(H,19,20). The average Bonchev–Trinajstić information content (AvgIpc) is 2.43. The minimum Gasteiger partial charge on any atom is -0.481 e. The van der Waals surface area contributed by atoms with Gasteiger partial charge in [-0.3, -0.25) is 4.79 Å². The molecule has 0 amide bonds. The molecule has 0 aromatic heterocycles. The van der Waals surface area contributed by atoms with Gasteiger partial charge in [0.15, 0.2) is 0 Å². The van der Waals surface area contributed by atoms with Crippen molar-refractivity contribution in [3.05, 3.63) is 0 Å². The lowest BCUT2D eigenvalue weighted by molar-refractivity contribution is -0.137. The largest absolute Gasteiger partial charge is 0.481 e. The molecule has 20 heavy (non-hydrogen) atoms. The zero-order chi connectivity index (χ0) is 15.1. The molecule has 0 heterocycles. The van der Waals surface area contributed by atoms with E-state index in [1.165, 1.54) is 70.6 Å².